The average molecular weight is 446 g/mol. The van der Waals surface area contributed by atoms with Gasteiger partial charge in [0.1, 0.15) is 5.75 Å². The van der Waals surface area contributed by atoms with Crippen molar-refractivity contribution in [3.05, 3.63) is 111 Å². The average Bonchev–Trinajstić information content (AvgIpc) is 3.02. The van der Waals surface area contributed by atoms with Crippen LogP contribution in [0.25, 0.3) is 5.69 Å². The second kappa shape index (κ2) is 9.08. The van der Waals surface area contributed by atoms with Crippen molar-refractivity contribution in [1.29, 1.82) is 0 Å². The highest BCUT2D eigenvalue weighted by molar-refractivity contribution is 6.33. The predicted octanol–water partition coefficient (Wildman–Crippen LogP) is 5.11. The molecule has 4 rings (SSSR count). The maximum atomic E-state index is 12.9. The highest BCUT2D eigenvalue weighted by Gasteiger charge is 2.15. The van der Waals surface area contributed by atoms with Gasteiger partial charge in [-0.3, -0.25) is 9.48 Å². The molecule has 1 heterocycles. The zero-order chi connectivity index (χ0) is 22.7. The number of para-hydroxylation sites is 1. The molecule has 1 aromatic heterocycles. The van der Waals surface area contributed by atoms with Crippen LogP contribution in [-0.2, 0) is 7.05 Å². The summed E-state index contributed by atoms with van der Waals surface area (Å²) in [6.45, 7) is 1.85. The second-order valence-electron chi connectivity index (χ2n) is 7.11. The molecule has 0 bridgehead atoms. The van der Waals surface area contributed by atoms with E-state index in [0.29, 0.717) is 22.0 Å². The summed E-state index contributed by atoms with van der Waals surface area (Å²) in [6.07, 6.45) is 1.61. The lowest BCUT2D eigenvalue weighted by Crippen LogP contribution is -2.19. The summed E-state index contributed by atoms with van der Waals surface area (Å²) in [5.41, 5.74) is 2.75. The van der Waals surface area contributed by atoms with Gasteiger partial charge in [-0.1, -0.05) is 41.9 Å². The number of nitrogens with zero attached hydrogens (tertiary/aromatic N) is 3. The zero-order valence-electron chi connectivity index (χ0n) is 17.5. The summed E-state index contributed by atoms with van der Waals surface area (Å²) in [6, 6.07) is 23.0. The molecule has 0 aliphatic rings. The largest absolute Gasteiger partial charge is 0.423 e. The summed E-state index contributed by atoms with van der Waals surface area (Å²) in [7, 11) is 1.82. The number of halogens is 1. The van der Waals surface area contributed by atoms with Gasteiger partial charge in [0.05, 0.1) is 22.0 Å². The molecule has 0 saturated carbocycles. The van der Waals surface area contributed by atoms with E-state index >= 15 is 0 Å². The van der Waals surface area contributed by atoms with Crippen LogP contribution in [0.4, 0.5) is 5.69 Å². The first kappa shape index (κ1) is 21.3. The standard InChI is InChI=1S/C25H20ClN3O3/c1-17-23(24(30)29(28(17)2)19-8-4-3-5-9-19)27-16-18-12-14-20(15-13-18)32-25(31)21-10-6-7-11-22(21)26/h3-16H,1-2H3. The Morgan fingerprint density at radius 3 is 2.31 bits per heavy atom. The van der Waals surface area contributed by atoms with E-state index < -0.39 is 5.97 Å². The van der Waals surface area contributed by atoms with Crippen molar-refractivity contribution in [1.82, 2.24) is 9.36 Å². The Balaban J connectivity index is 1.53. The molecule has 3 aromatic carbocycles. The number of hydrogen-bond acceptors (Lipinski definition) is 4. The Bertz CT molecular complexity index is 1350. The number of rotatable bonds is 5. The van der Waals surface area contributed by atoms with Crippen LogP contribution in [0, 0.1) is 6.92 Å². The number of ether oxygens (including phenoxy) is 1. The van der Waals surface area contributed by atoms with E-state index in [0.717, 1.165) is 16.9 Å². The Morgan fingerprint density at radius 1 is 0.969 bits per heavy atom. The van der Waals surface area contributed by atoms with E-state index in [-0.39, 0.29) is 5.56 Å². The van der Waals surface area contributed by atoms with E-state index in [9.17, 15) is 9.59 Å². The van der Waals surface area contributed by atoms with Crippen LogP contribution >= 0.6 is 11.6 Å². The Morgan fingerprint density at radius 2 is 1.62 bits per heavy atom. The number of carbonyl (C=O) groups is 1. The first-order chi connectivity index (χ1) is 15.5. The Labute approximate surface area is 190 Å². The number of aliphatic imine (C=N–C) groups is 1. The fourth-order valence-corrected chi connectivity index (χ4v) is 3.47. The third-order valence-electron chi connectivity index (χ3n) is 5.05. The lowest BCUT2D eigenvalue weighted by molar-refractivity contribution is 0.0735. The van der Waals surface area contributed by atoms with Crippen LogP contribution in [0.1, 0.15) is 21.6 Å². The van der Waals surface area contributed by atoms with Gasteiger partial charge in [-0.2, -0.15) is 0 Å². The van der Waals surface area contributed by atoms with Gasteiger partial charge in [0.25, 0.3) is 5.56 Å². The molecule has 0 aliphatic heterocycles. The summed E-state index contributed by atoms with van der Waals surface area (Å²) >= 11 is 6.04. The molecule has 0 aliphatic carbocycles. The molecule has 0 N–H and O–H groups in total. The fourth-order valence-electron chi connectivity index (χ4n) is 3.25. The first-order valence-electron chi connectivity index (χ1n) is 9.90. The minimum atomic E-state index is -0.529. The first-order valence-corrected chi connectivity index (χ1v) is 10.3. The molecule has 6 nitrogen and oxygen atoms in total. The monoisotopic (exact) mass is 445 g/mol. The molecule has 160 valence electrons. The summed E-state index contributed by atoms with van der Waals surface area (Å²) in [5, 5.41) is 0.334. The van der Waals surface area contributed by atoms with Gasteiger partial charge in [-0.25, -0.2) is 14.5 Å². The van der Waals surface area contributed by atoms with Crippen molar-refractivity contribution in [2.75, 3.05) is 0 Å². The number of esters is 1. The van der Waals surface area contributed by atoms with Gasteiger partial charge in [-0.15, -0.1) is 0 Å². The van der Waals surface area contributed by atoms with Crippen LogP contribution in [0.15, 0.2) is 88.6 Å². The molecule has 4 aromatic rings. The molecular formula is C25H20ClN3O3. The number of benzene rings is 3. The van der Waals surface area contributed by atoms with Gasteiger partial charge in [0.15, 0.2) is 5.69 Å². The Kier molecular flexibility index (Phi) is 6.05. The summed E-state index contributed by atoms with van der Waals surface area (Å²) < 4.78 is 8.74. The molecule has 0 unspecified atom stereocenters. The van der Waals surface area contributed by atoms with Gasteiger partial charge in [0, 0.05) is 13.3 Å². The van der Waals surface area contributed by atoms with Gasteiger partial charge in [0.2, 0.25) is 0 Å². The summed E-state index contributed by atoms with van der Waals surface area (Å²) in [4.78, 5) is 29.6. The normalized spacial score (nSPS) is 11.1. The van der Waals surface area contributed by atoms with Gasteiger partial charge < -0.3 is 4.74 Å². The molecule has 0 atom stereocenters. The highest BCUT2D eigenvalue weighted by Crippen LogP contribution is 2.20. The molecule has 0 amide bonds. The topological polar surface area (TPSA) is 65.6 Å². The predicted molar refractivity (Wildman–Crippen MR) is 126 cm³/mol. The lowest BCUT2D eigenvalue weighted by Gasteiger charge is -2.07. The van der Waals surface area contributed by atoms with E-state index in [2.05, 4.69) is 4.99 Å². The van der Waals surface area contributed by atoms with Crippen LogP contribution < -0.4 is 10.3 Å². The van der Waals surface area contributed by atoms with E-state index in [1.807, 2.05) is 44.3 Å². The van der Waals surface area contributed by atoms with Crippen molar-refractivity contribution < 1.29 is 9.53 Å². The molecule has 0 saturated heterocycles. The maximum Gasteiger partial charge on any atom is 0.345 e. The fraction of sp³-hybridized carbons (Fsp3) is 0.0800. The smallest absolute Gasteiger partial charge is 0.345 e. The van der Waals surface area contributed by atoms with Crippen molar-refractivity contribution >= 4 is 29.5 Å². The third-order valence-corrected chi connectivity index (χ3v) is 5.38. The van der Waals surface area contributed by atoms with Crippen molar-refractivity contribution in [3.8, 4) is 11.4 Å². The lowest BCUT2D eigenvalue weighted by atomic mass is 10.2. The van der Waals surface area contributed by atoms with Crippen molar-refractivity contribution in [3.63, 3.8) is 0 Å². The van der Waals surface area contributed by atoms with E-state index in [1.165, 1.54) is 0 Å². The number of aromatic nitrogens is 2. The van der Waals surface area contributed by atoms with Crippen molar-refractivity contribution in [2.24, 2.45) is 12.0 Å². The molecule has 32 heavy (non-hydrogen) atoms. The molecule has 0 radical (unpaired) electrons. The van der Waals surface area contributed by atoms with E-state index in [4.69, 9.17) is 16.3 Å². The number of hydrogen-bond donors (Lipinski definition) is 0. The molecule has 0 spiro atoms. The van der Waals surface area contributed by atoms with Crippen molar-refractivity contribution in [2.45, 2.75) is 6.92 Å². The van der Waals surface area contributed by atoms with Gasteiger partial charge in [-0.05, 0) is 61.0 Å². The minimum Gasteiger partial charge on any atom is -0.423 e. The van der Waals surface area contributed by atoms with Crippen LogP contribution in [0.5, 0.6) is 5.75 Å². The highest BCUT2D eigenvalue weighted by atomic mass is 35.5. The number of carbonyl (C=O) groups excluding carboxylic acids is 1. The zero-order valence-corrected chi connectivity index (χ0v) is 18.3. The van der Waals surface area contributed by atoms with E-state index in [1.54, 1.807) is 64.1 Å². The molecular weight excluding hydrogens is 426 g/mol. The quantitative estimate of drug-likeness (QED) is 0.243. The van der Waals surface area contributed by atoms with Crippen LogP contribution in [0.3, 0.4) is 0 Å². The second-order valence-corrected chi connectivity index (χ2v) is 7.51. The van der Waals surface area contributed by atoms with Gasteiger partial charge >= 0.3 is 5.97 Å². The maximum absolute atomic E-state index is 12.9. The van der Waals surface area contributed by atoms with Crippen LogP contribution in [-0.4, -0.2) is 21.5 Å². The SMILES string of the molecule is Cc1c(N=Cc2ccc(OC(=O)c3ccccc3Cl)cc2)c(=O)n(-c2ccccc2)n1C. The molecule has 0 fully saturated rings. The Hall–Kier alpha value is -3.90. The third kappa shape index (κ3) is 4.26. The minimum absolute atomic E-state index is 0.197. The summed E-state index contributed by atoms with van der Waals surface area (Å²) in [5.74, 6) is -0.146. The molecule has 7 heteroatoms. The van der Waals surface area contributed by atoms with Crippen LogP contribution in [0.2, 0.25) is 5.02 Å².